The summed E-state index contributed by atoms with van der Waals surface area (Å²) in [6, 6.07) is 3.62. The van der Waals surface area contributed by atoms with Gasteiger partial charge in [-0.15, -0.1) is 0 Å². The first-order chi connectivity index (χ1) is 17.3. The first-order valence-corrected chi connectivity index (χ1v) is 11.9. The van der Waals surface area contributed by atoms with Crippen LogP contribution >= 0.6 is 11.8 Å². The summed E-state index contributed by atoms with van der Waals surface area (Å²) in [7, 11) is 0. The Hall–Kier alpha value is -3.29. The number of aromatic nitrogens is 3. The maximum atomic E-state index is 15.0. The second-order valence-electron chi connectivity index (χ2n) is 9.25. The van der Waals surface area contributed by atoms with Crippen LogP contribution in [-0.4, -0.2) is 43.8 Å². The van der Waals surface area contributed by atoms with Crippen molar-refractivity contribution in [1.29, 1.82) is 0 Å². The number of rotatable bonds is 7. The first kappa shape index (κ1) is 25.4. The van der Waals surface area contributed by atoms with E-state index in [1.807, 2.05) is 0 Å². The Morgan fingerprint density at radius 2 is 2.03 bits per heavy atom. The number of thioether (sulfide) groups is 1. The van der Waals surface area contributed by atoms with Crippen molar-refractivity contribution in [3.05, 3.63) is 47.8 Å². The van der Waals surface area contributed by atoms with Gasteiger partial charge >= 0.3 is 0 Å². The lowest BCUT2D eigenvalue weighted by Crippen LogP contribution is -2.39. The van der Waals surface area contributed by atoms with E-state index in [9.17, 15) is 22.0 Å². The Labute approximate surface area is 210 Å². The van der Waals surface area contributed by atoms with Crippen LogP contribution in [-0.2, 0) is 5.54 Å². The van der Waals surface area contributed by atoms with Crippen molar-refractivity contribution in [1.82, 2.24) is 15.0 Å². The molecule has 0 spiro atoms. The van der Waals surface area contributed by atoms with Gasteiger partial charge in [-0.1, -0.05) is 11.8 Å². The normalized spacial score (nSPS) is 25.1. The van der Waals surface area contributed by atoms with E-state index < -0.39 is 46.8 Å². The number of benzene rings is 1. The molecule has 3 N–H and O–H groups in total. The number of anilines is 2. The maximum absolute atomic E-state index is 15.0. The fourth-order valence-electron chi connectivity index (χ4n) is 4.56. The Balaban J connectivity index is 1.49. The van der Waals surface area contributed by atoms with Gasteiger partial charge in [0, 0.05) is 36.4 Å². The molecule has 0 bridgehead atoms. The molecule has 5 rings (SSSR count). The molecule has 3 heterocycles. The second kappa shape index (κ2) is 8.64. The molecular formula is C23H20F6N6OS. The lowest BCUT2D eigenvalue weighted by Gasteiger charge is -2.34. The molecule has 0 unspecified atom stereocenters. The van der Waals surface area contributed by atoms with E-state index in [4.69, 9.17) is 10.5 Å². The van der Waals surface area contributed by atoms with E-state index in [1.54, 1.807) is 0 Å². The molecule has 7 nitrogen and oxygen atoms in total. The predicted molar refractivity (Wildman–Crippen MR) is 126 cm³/mol. The standard InChI is InChI=1S/C23H20F6N6OS/c1-21(28,29)9-36-15-8-32-17-13(34-15)3-4-31-18(17)33-10-5-11(16(25)12(24)6-10)22(2)14-7-23(14,19(26)27)37-20(30)35-22/h3-6,8,14,19H,7,9H2,1-2H3,(H2,30,35)(H,31,33)/t14-,22-,23-/m0/s1. The third kappa shape index (κ3) is 4.51. The molecule has 0 amide bonds. The summed E-state index contributed by atoms with van der Waals surface area (Å²) in [5.74, 6) is -6.28. The molecule has 1 saturated carbocycles. The fourth-order valence-corrected chi connectivity index (χ4v) is 5.90. The van der Waals surface area contributed by atoms with Gasteiger partial charge in [-0.05, 0) is 25.5 Å². The summed E-state index contributed by atoms with van der Waals surface area (Å²) >= 11 is 0.761. The van der Waals surface area contributed by atoms with Crippen molar-refractivity contribution in [2.24, 2.45) is 16.6 Å². The van der Waals surface area contributed by atoms with E-state index in [2.05, 4.69) is 25.3 Å². The fraction of sp³-hybridized carbons (Fsp3) is 0.391. The van der Waals surface area contributed by atoms with Crippen LogP contribution in [0.15, 0.2) is 35.6 Å². The van der Waals surface area contributed by atoms with E-state index in [0.717, 1.165) is 24.0 Å². The van der Waals surface area contributed by atoms with Crippen molar-refractivity contribution in [2.45, 2.75) is 42.9 Å². The maximum Gasteiger partial charge on any atom is 0.278 e. The highest BCUT2D eigenvalue weighted by Gasteiger charge is 2.71. The van der Waals surface area contributed by atoms with Crippen molar-refractivity contribution in [3.8, 4) is 5.88 Å². The number of nitrogens with zero attached hydrogens (tertiary/aromatic N) is 4. The van der Waals surface area contributed by atoms with Gasteiger partial charge in [-0.3, -0.25) is 4.99 Å². The van der Waals surface area contributed by atoms with E-state index in [1.165, 1.54) is 25.3 Å². The molecule has 196 valence electrons. The topological polar surface area (TPSA) is 98.3 Å². The quantitative estimate of drug-likeness (QED) is 0.387. The van der Waals surface area contributed by atoms with E-state index in [-0.39, 0.29) is 45.6 Å². The Kier molecular flexibility index (Phi) is 5.92. The molecule has 14 heteroatoms. The monoisotopic (exact) mass is 542 g/mol. The minimum atomic E-state index is -3.07. The van der Waals surface area contributed by atoms with Crippen molar-refractivity contribution >= 4 is 39.5 Å². The highest BCUT2D eigenvalue weighted by molar-refractivity contribution is 8.15. The number of hydrogen-bond acceptors (Lipinski definition) is 8. The van der Waals surface area contributed by atoms with E-state index >= 15 is 4.39 Å². The molecule has 1 aliphatic carbocycles. The number of hydrogen-bond donors (Lipinski definition) is 2. The number of amidine groups is 1. The summed E-state index contributed by atoms with van der Waals surface area (Å²) in [6.07, 6.45) is -0.193. The number of alkyl halides is 4. The minimum Gasteiger partial charge on any atom is -0.470 e. The first-order valence-electron chi connectivity index (χ1n) is 11.0. The molecular weight excluding hydrogens is 522 g/mol. The third-order valence-corrected chi connectivity index (χ3v) is 7.70. The summed E-state index contributed by atoms with van der Waals surface area (Å²) in [5.41, 5.74) is 4.57. The van der Waals surface area contributed by atoms with Gasteiger partial charge < -0.3 is 15.8 Å². The summed E-state index contributed by atoms with van der Waals surface area (Å²) in [5, 5.41) is 2.72. The second-order valence-corrected chi connectivity index (χ2v) is 10.6. The van der Waals surface area contributed by atoms with Crippen LogP contribution in [0.25, 0.3) is 11.0 Å². The smallest absolute Gasteiger partial charge is 0.278 e. The molecule has 0 saturated heterocycles. The number of fused-ring (bicyclic) bond motifs is 2. The van der Waals surface area contributed by atoms with Gasteiger partial charge in [0.2, 0.25) is 5.88 Å². The van der Waals surface area contributed by atoms with Crippen molar-refractivity contribution in [2.75, 3.05) is 11.9 Å². The summed E-state index contributed by atoms with van der Waals surface area (Å²) in [6.45, 7) is 1.27. The number of nitrogens with one attached hydrogen (secondary N) is 1. The molecule has 37 heavy (non-hydrogen) atoms. The van der Waals surface area contributed by atoms with Crippen LogP contribution in [0.1, 0.15) is 25.8 Å². The molecule has 1 fully saturated rings. The summed E-state index contributed by atoms with van der Waals surface area (Å²) < 4.78 is 87.1. The number of halogens is 6. The summed E-state index contributed by atoms with van der Waals surface area (Å²) in [4.78, 5) is 16.7. The average Bonchev–Trinajstić information content (AvgIpc) is 3.56. The van der Waals surface area contributed by atoms with Gasteiger partial charge in [-0.2, -0.15) is 0 Å². The largest absolute Gasteiger partial charge is 0.470 e. The van der Waals surface area contributed by atoms with Crippen LogP contribution < -0.4 is 15.8 Å². The van der Waals surface area contributed by atoms with Gasteiger partial charge in [0.1, 0.15) is 5.52 Å². The zero-order chi connectivity index (χ0) is 26.8. The van der Waals surface area contributed by atoms with Gasteiger partial charge in [0.25, 0.3) is 12.3 Å². The number of nitrogens with two attached hydrogens (primary N) is 1. The van der Waals surface area contributed by atoms with Gasteiger partial charge in [0.15, 0.2) is 29.2 Å². The Bertz CT molecular complexity index is 1420. The Morgan fingerprint density at radius 3 is 2.73 bits per heavy atom. The molecule has 1 aromatic carbocycles. The minimum absolute atomic E-state index is 0.0452. The van der Waals surface area contributed by atoms with Crippen LogP contribution in [0.3, 0.4) is 0 Å². The lowest BCUT2D eigenvalue weighted by atomic mass is 9.85. The molecule has 3 aromatic rings. The SMILES string of the molecule is CC(F)(F)COc1cnc2c(Nc3cc(F)c(F)c([C@]4(C)N=C(N)S[C@@]5(C(F)F)C[C@@H]45)c3)nccc2n1. The highest BCUT2D eigenvalue weighted by atomic mass is 32.2. The van der Waals surface area contributed by atoms with Crippen molar-refractivity contribution in [3.63, 3.8) is 0 Å². The molecule has 0 radical (unpaired) electrons. The predicted octanol–water partition coefficient (Wildman–Crippen LogP) is 5.38. The Morgan fingerprint density at radius 1 is 1.27 bits per heavy atom. The molecule has 1 aliphatic heterocycles. The zero-order valence-electron chi connectivity index (χ0n) is 19.4. The molecule has 2 aromatic heterocycles. The lowest BCUT2D eigenvalue weighted by molar-refractivity contribution is -0.0242. The van der Waals surface area contributed by atoms with Gasteiger partial charge in [-0.25, -0.2) is 41.3 Å². The van der Waals surface area contributed by atoms with E-state index in [0.29, 0.717) is 6.92 Å². The van der Waals surface area contributed by atoms with Crippen LogP contribution in [0, 0.1) is 17.6 Å². The molecule has 3 atom stereocenters. The van der Waals surface area contributed by atoms with Crippen LogP contribution in [0.5, 0.6) is 5.88 Å². The number of pyridine rings is 1. The highest BCUT2D eigenvalue weighted by Crippen LogP contribution is 2.68. The van der Waals surface area contributed by atoms with Gasteiger partial charge in [0.05, 0.1) is 22.0 Å². The van der Waals surface area contributed by atoms with Crippen molar-refractivity contribution < 1.29 is 31.1 Å². The number of aliphatic imine (C=N–C) groups is 1. The third-order valence-electron chi connectivity index (χ3n) is 6.39. The van der Waals surface area contributed by atoms with Crippen LogP contribution in [0.2, 0.25) is 0 Å². The molecule has 2 aliphatic rings. The van der Waals surface area contributed by atoms with Crippen LogP contribution in [0.4, 0.5) is 37.8 Å². The number of ether oxygens (including phenoxy) is 1. The zero-order valence-corrected chi connectivity index (χ0v) is 20.2. The average molecular weight is 543 g/mol.